The van der Waals surface area contributed by atoms with E-state index in [1.165, 1.54) is 0 Å². The van der Waals surface area contributed by atoms with E-state index in [1.807, 2.05) is 45.0 Å². The number of benzene rings is 1. The molecule has 0 aliphatic carbocycles. The van der Waals surface area contributed by atoms with E-state index in [0.717, 1.165) is 11.1 Å². The summed E-state index contributed by atoms with van der Waals surface area (Å²) in [5.74, 6) is -1.10. The van der Waals surface area contributed by atoms with Crippen molar-refractivity contribution in [3.8, 4) is 0 Å². The fraction of sp³-hybridized carbons (Fsp3) is 0.467. The molecule has 2 N–H and O–H groups in total. The minimum absolute atomic E-state index is 0.162. The molecule has 0 aromatic heterocycles. The number of carboxylic acid groups (broad SMARTS) is 1. The maximum Gasteiger partial charge on any atom is 0.315 e. The van der Waals surface area contributed by atoms with Gasteiger partial charge in [-0.3, -0.25) is 0 Å². The molecule has 0 unspecified atom stereocenters. The van der Waals surface area contributed by atoms with Crippen LogP contribution in [0.5, 0.6) is 0 Å². The summed E-state index contributed by atoms with van der Waals surface area (Å²) in [6, 6.07) is 6.28. The summed E-state index contributed by atoms with van der Waals surface area (Å²) in [5, 5.41) is 16.0. The van der Waals surface area contributed by atoms with Gasteiger partial charge >= 0.3 is 6.03 Å². The zero-order chi connectivity index (χ0) is 15.1. The number of carbonyl (C=O) groups is 2. The second kappa shape index (κ2) is 7.53. The van der Waals surface area contributed by atoms with E-state index in [1.54, 1.807) is 0 Å². The van der Waals surface area contributed by atoms with E-state index in [2.05, 4.69) is 10.6 Å². The Labute approximate surface area is 119 Å². The van der Waals surface area contributed by atoms with E-state index in [-0.39, 0.29) is 5.92 Å². The van der Waals surface area contributed by atoms with Crippen LogP contribution < -0.4 is 15.7 Å². The molecule has 1 aromatic rings. The highest BCUT2D eigenvalue weighted by Gasteiger charge is 2.14. The highest BCUT2D eigenvalue weighted by atomic mass is 16.4. The number of carbonyl (C=O) groups excluding carboxylic acids is 2. The summed E-state index contributed by atoms with van der Waals surface area (Å²) in [5.41, 5.74) is 2.10. The summed E-state index contributed by atoms with van der Waals surface area (Å²) < 4.78 is 0. The van der Waals surface area contributed by atoms with Crippen molar-refractivity contribution in [3.05, 3.63) is 35.4 Å². The maximum absolute atomic E-state index is 11.7. The van der Waals surface area contributed by atoms with Crippen LogP contribution in [0.15, 0.2) is 24.3 Å². The molecular weight excluding hydrogens is 256 g/mol. The molecule has 1 atom stereocenters. The Morgan fingerprint density at radius 3 is 2.30 bits per heavy atom. The lowest BCUT2D eigenvalue weighted by atomic mass is 10.0. The number of urea groups is 1. The van der Waals surface area contributed by atoms with Crippen molar-refractivity contribution in [2.45, 2.75) is 39.8 Å². The number of nitrogens with one attached hydrogen (secondary N) is 2. The van der Waals surface area contributed by atoms with E-state index >= 15 is 0 Å². The van der Waals surface area contributed by atoms with Crippen molar-refractivity contribution < 1.29 is 14.7 Å². The van der Waals surface area contributed by atoms with Crippen LogP contribution in [-0.4, -0.2) is 18.0 Å². The van der Waals surface area contributed by atoms with Crippen LogP contribution in [0.1, 0.15) is 31.4 Å². The third-order valence-corrected chi connectivity index (χ3v) is 2.87. The number of carboxylic acids is 1. The van der Waals surface area contributed by atoms with Gasteiger partial charge in [-0.2, -0.15) is 0 Å². The highest BCUT2D eigenvalue weighted by molar-refractivity contribution is 5.81. The largest absolute Gasteiger partial charge is 0.548 e. The average molecular weight is 277 g/mol. The van der Waals surface area contributed by atoms with Gasteiger partial charge in [0.25, 0.3) is 0 Å². The number of aryl methyl sites for hydroxylation is 1. The van der Waals surface area contributed by atoms with E-state index in [9.17, 15) is 14.7 Å². The van der Waals surface area contributed by atoms with Gasteiger partial charge in [0, 0.05) is 6.54 Å². The quantitative estimate of drug-likeness (QED) is 0.812. The number of amides is 2. The third kappa shape index (κ3) is 5.73. The first-order chi connectivity index (χ1) is 9.38. The summed E-state index contributed by atoms with van der Waals surface area (Å²) in [6.45, 7) is 6.12. The molecule has 1 aromatic carbocycles. The van der Waals surface area contributed by atoms with Crippen molar-refractivity contribution in [1.29, 1.82) is 0 Å². The van der Waals surface area contributed by atoms with Gasteiger partial charge in [-0.1, -0.05) is 43.7 Å². The second-order valence-corrected chi connectivity index (χ2v) is 5.31. The minimum atomic E-state index is -1.26. The predicted octanol–water partition coefficient (Wildman–Crippen LogP) is 0.959. The molecule has 1 rings (SSSR count). The molecule has 0 aliphatic rings. The van der Waals surface area contributed by atoms with Crippen molar-refractivity contribution >= 4 is 12.0 Å². The molecule has 0 aliphatic heterocycles. The van der Waals surface area contributed by atoms with Crippen LogP contribution in [0.4, 0.5) is 4.79 Å². The van der Waals surface area contributed by atoms with Crippen LogP contribution in [-0.2, 0) is 11.3 Å². The third-order valence-electron chi connectivity index (χ3n) is 2.87. The molecule has 110 valence electrons. The molecule has 0 saturated heterocycles. The van der Waals surface area contributed by atoms with Gasteiger partial charge in [-0.25, -0.2) is 4.79 Å². The normalized spacial score (nSPS) is 12.0. The van der Waals surface area contributed by atoms with Crippen LogP contribution in [0.2, 0.25) is 0 Å². The van der Waals surface area contributed by atoms with Crippen LogP contribution in [0, 0.1) is 12.8 Å². The summed E-state index contributed by atoms with van der Waals surface area (Å²) in [6.07, 6.45) is 0.348. The van der Waals surface area contributed by atoms with E-state index in [4.69, 9.17) is 0 Å². The molecule has 0 heterocycles. The highest BCUT2D eigenvalue weighted by Crippen LogP contribution is 2.05. The van der Waals surface area contributed by atoms with Crippen LogP contribution in [0.25, 0.3) is 0 Å². The van der Waals surface area contributed by atoms with Crippen LogP contribution >= 0.6 is 0 Å². The Morgan fingerprint density at radius 2 is 1.80 bits per heavy atom. The van der Waals surface area contributed by atoms with Crippen molar-refractivity contribution in [3.63, 3.8) is 0 Å². The fourth-order valence-corrected chi connectivity index (χ4v) is 1.78. The Kier molecular flexibility index (Phi) is 6.03. The van der Waals surface area contributed by atoms with Gasteiger partial charge in [0.2, 0.25) is 0 Å². The first-order valence-corrected chi connectivity index (χ1v) is 6.69. The SMILES string of the molecule is Cc1ccc(CNC(=O)N[C@@H](CC(C)C)C(=O)[O-])cc1. The first kappa shape index (κ1) is 16.0. The molecule has 0 spiro atoms. The van der Waals surface area contributed by atoms with Gasteiger partial charge in [-0.15, -0.1) is 0 Å². The second-order valence-electron chi connectivity index (χ2n) is 5.31. The van der Waals surface area contributed by atoms with Crippen LogP contribution in [0.3, 0.4) is 0 Å². The Morgan fingerprint density at radius 1 is 1.20 bits per heavy atom. The lowest BCUT2D eigenvalue weighted by Crippen LogP contribution is -2.51. The van der Waals surface area contributed by atoms with Crippen molar-refractivity contribution in [2.24, 2.45) is 5.92 Å². The molecule has 2 amide bonds. The average Bonchev–Trinajstić information content (AvgIpc) is 2.36. The zero-order valence-electron chi connectivity index (χ0n) is 12.1. The van der Waals surface area contributed by atoms with Gasteiger partial charge in [0.1, 0.15) is 0 Å². The zero-order valence-corrected chi connectivity index (χ0v) is 12.1. The van der Waals surface area contributed by atoms with Gasteiger partial charge in [0.15, 0.2) is 0 Å². The van der Waals surface area contributed by atoms with E-state index < -0.39 is 18.0 Å². The summed E-state index contributed by atoms with van der Waals surface area (Å²) >= 11 is 0. The predicted molar refractivity (Wildman–Crippen MR) is 74.8 cm³/mol. The molecular formula is C15H21N2O3-. The molecule has 0 saturated carbocycles. The maximum atomic E-state index is 11.7. The molecule has 20 heavy (non-hydrogen) atoms. The van der Waals surface area contributed by atoms with Gasteiger partial charge in [0.05, 0.1) is 12.0 Å². The molecule has 0 radical (unpaired) electrons. The molecule has 0 fully saturated rings. The Hall–Kier alpha value is -2.04. The summed E-state index contributed by atoms with van der Waals surface area (Å²) in [7, 11) is 0. The minimum Gasteiger partial charge on any atom is -0.548 e. The Balaban J connectivity index is 2.45. The Bertz CT molecular complexity index is 455. The standard InChI is InChI=1S/C15H22N2O3/c1-10(2)8-13(14(18)19)17-15(20)16-9-12-6-4-11(3)5-7-12/h4-7,10,13H,8-9H2,1-3H3,(H,18,19)(H2,16,17,20)/p-1/t13-/m0/s1. The topological polar surface area (TPSA) is 81.3 Å². The molecule has 5 nitrogen and oxygen atoms in total. The number of rotatable bonds is 6. The molecule has 0 bridgehead atoms. The lowest BCUT2D eigenvalue weighted by Gasteiger charge is -2.21. The lowest BCUT2D eigenvalue weighted by molar-refractivity contribution is -0.308. The fourth-order valence-electron chi connectivity index (χ4n) is 1.78. The van der Waals surface area contributed by atoms with E-state index in [0.29, 0.717) is 13.0 Å². The van der Waals surface area contributed by atoms with Crippen molar-refractivity contribution in [1.82, 2.24) is 10.6 Å². The first-order valence-electron chi connectivity index (χ1n) is 6.69. The van der Waals surface area contributed by atoms with Crippen molar-refractivity contribution in [2.75, 3.05) is 0 Å². The number of hydrogen-bond donors (Lipinski definition) is 2. The number of hydrogen-bond acceptors (Lipinski definition) is 3. The monoisotopic (exact) mass is 277 g/mol. The van der Waals surface area contributed by atoms with Gasteiger partial charge in [-0.05, 0) is 24.8 Å². The summed E-state index contributed by atoms with van der Waals surface area (Å²) in [4.78, 5) is 22.6. The van der Waals surface area contributed by atoms with Gasteiger partial charge < -0.3 is 20.5 Å². The molecule has 5 heteroatoms. The number of aliphatic carboxylic acids is 1. The smallest absolute Gasteiger partial charge is 0.315 e.